The van der Waals surface area contributed by atoms with Crippen LogP contribution in [0.15, 0.2) is 23.1 Å². The predicted octanol–water partition coefficient (Wildman–Crippen LogP) is 2.43. The van der Waals surface area contributed by atoms with E-state index in [1.54, 1.807) is 6.92 Å². The molecule has 0 aliphatic heterocycles. The van der Waals surface area contributed by atoms with Crippen molar-refractivity contribution in [2.24, 2.45) is 11.7 Å². The SMILES string of the molecule is CC(C)CC(C)(CN)NS(=O)(=O)c1cc(F)cc(F)c1.Cl. The van der Waals surface area contributed by atoms with Crippen LogP contribution in [0.2, 0.25) is 0 Å². The largest absolute Gasteiger partial charge is 0.329 e. The Morgan fingerprint density at radius 2 is 1.71 bits per heavy atom. The summed E-state index contributed by atoms with van der Waals surface area (Å²) in [4.78, 5) is -0.446. The summed E-state index contributed by atoms with van der Waals surface area (Å²) in [5.41, 5.74) is 4.76. The van der Waals surface area contributed by atoms with Crippen LogP contribution in [0.3, 0.4) is 0 Å². The first-order valence-electron chi connectivity index (χ1n) is 6.28. The van der Waals surface area contributed by atoms with Crippen LogP contribution >= 0.6 is 12.4 Å². The first kappa shape index (κ1) is 20.2. The molecule has 0 aliphatic carbocycles. The van der Waals surface area contributed by atoms with Crippen LogP contribution in [0.25, 0.3) is 0 Å². The lowest BCUT2D eigenvalue weighted by atomic mass is 9.92. The zero-order chi connectivity index (χ0) is 15.6. The molecule has 1 atom stereocenters. The molecule has 1 aromatic carbocycles. The lowest BCUT2D eigenvalue weighted by Gasteiger charge is -2.30. The average molecular weight is 343 g/mol. The van der Waals surface area contributed by atoms with E-state index in [0.29, 0.717) is 12.5 Å². The Labute approximate surface area is 130 Å². The fourth-order valence-electron chi connectivity index (χ4n) is 2.13. The van der Waals surface area contributed by atoms with Gasteiger partial charge in [0, 0.05) is 18.2 Å². The van der Waals surface area contributed by atoms with Crippen molar-refractivity contribution in [1.29, 1.82) is 0 Å². The minimum atomic E-state index is -4.03. The van der Waals surface area contributed by atoms with Crippen LogP contribution in [0.4, 0.5) is 8.78 Å². The second-order valence-corrected chi connectivity index (χ2v) is 7.26. The lowest BCUT2D eigenvalue weighted by molar-refractivity contribution is 0.344. The second kappa shape index (κ2) is 7.49. The van der Waals surface area contributed by atoms with Crippen molar-refractivity contribution in [1.82, 2.24) is 4.72 Å². The minimum Gasteiger partial charge on any atom is -0.329 e. The van der Waals surface area contributed by atoms with Crippen molar-refractivity contribution in [3.05, 3.63) is 29.8 Å². The van der Waals surface area contributed by atoms with Gasteiger partial charge in [-0.15, -0.1) is 12.4 Å². The van der Waals surface area contributed by atoms with Crippen LogP contribution in [-0.4, -0.2) is 20.5 Å². The van der Waals surface area contributed by atoms with Gasteiger partial charge < -0.3 is 5.73 Å². The van der Waals surface area contributed by atoms with Crippen molar-refractivity contribution in [3.8, 4) is 0 Å². The average Bonchev–Trinajstić information content (AvgIpc) is 2.25. The molecule has 1 rings (SSSR count). The Kier molecular flexibility index (Phi) is 7.22. The summed E-state index contributed by atoms with van der Waals surface area (Å²) in [6, 6.07) is 2.17. The zero-order valence-corrected chi connectivity index (χ0v) is 13.8. The summed E-state index contributed by atoms with van der Waals surface area (Å²) in [6.45, 7) is 5.62. The highest BCUT2D eigenvalue weighted by Gasteiger charge is 2.30. The van der Waals surface area contributed by atoms with E-state index in [2.05, 4.69) is 4.72 Å². The molecule has 0 aliphatic rings. The van der Waals surface area contributed by atoms with E-state index in [4.69, 9.17) is 5.73 Å². The third-order valence-electron chi connectivity index (χ3n) is 2.84. The van der Waals surface area contributed by atoms with Crippen LogP contribution < -0.4 is 10.5 Å². The molecule has 0 aromatic heterocycles. The number of nitrogens with two attached hydrogens (primary N) is 1. The maximum Gasteiger partial charge on any atom is 0.241 e. The van der Waals surface area contributed by atoms with Gasteiger partial charge in [0.05, 0.1) is 4.90 Å². The molecule has 8 heteroatoms. The third-order valence-corrected chi connectivity index (χ3v) is 4.45. The molecule has 0 bridgehead atoms. The summed E-state index contributed by atoms with van der Waals surface area (Å²) in [5, 5.41) is 0. The minimum absolute atomic E-state index is 0. The van der Waals surface area contributed by atoms with Crippen LogP contribution in [0, 0.1) is 17.6 Å². The quantitative estimate of drug-likeness (QED) is 0.834. The summed E-state index contributed by atoms with van der Waals surface area (Å²) in [5.74, 6) is -1.66. The van der Waals surface area contributed by atoms with Gasteiger partial charge in [0.1, 0.15) is 11.6 Å². The van der Waals surface area contributed by atoms with E-state index in [1.807, 2.05) is 13.8 Å². The first-order valence-corrected chi connectivity index (χ1v) is 7.76. The molecule has 0 saturated carbocycles. The Morgan fingerprint density at radius 1 is 1.24 bits per heavy atom. The summed E-state index contributed by atoms with van der Waals surface area (Å²) in [7, 11) is -4.03. The van der Waals surface area contributed by atoms with Gasteiger partial charge >= 0.3 is 0 Å². The molecule has 122 valence electrons. The zero-order valence-electron chi connectivity index (χ0n) is 12.2. The number of halogens is 3. The molecule has 0 heterocycles. The smallest absolute Gasteiger partial charge is 0.241 e. The monoisotopic (exact) mass is 342 g/mol. The van der Waals surface area contributed by atoms with Gasteiger partial charge in [0.25, 0.3) is 0 Å². The molecule has 0 amide bonds. The van der Waals surface area contributed by atoms with E-state index in [1.165, 1.54) is 0 Å². The van der Waals surface area contributed by atoms with Gasteiger partial charge in [0.15, 0.2) is 0 Å². The normalized spacial score (nSPS) is 14.6. The Hall–Kier alpha value is -0.760. The summed E-state index contributed by atoms with van der Waals surface area (Å²) >= 11 is 0. The van der Waals surface area contributed by atoms with Gasteiger partial charge in [-0.2, -0.15) is 0 Å². The van der Waals surface area contributed by atoms with E-state index < -0.39 is 32.1 Å². The molecular formula is C13H21ClF2N2O2S. The third kappa shape index (κ3) is 5.86. The predicted molar refractivity (Wildman–Crippen MR) is 80.8 cm³/mol. The number of benzene rings is 1. The molecular weight excluding hydrogens is 322 g/mol. The van der Waals surface area contributed by atoms with Crippen LogP contribution in [0.1, 0.15) is 27.2 Å². The van der Waals surface area contributed by atoms with Crippen molar-refractivity contribution in [2.45, 2.75) is 37.6 Å². The van der Waals surface area contributed by atoms with Gasteiger partial charge in [-0.25, -0.2) is 21.9 Å². The fraction of sp³-hybridized carbons (Fsp3) is 0.538. The van der Waals surface area contributed by atoms with Gasteiger partial charge in [-0.3, -0.25) is 0 Å². The van der Waals surface area contributed by atoms with Crippen LogP contribution in [0.5, 0.6) is 0 Å². The molecule has 1 unspecified atom stereocenters. The fourth-order valence-corrected chi connectivity index (χ4v) is 3.60. The number of sulfonamides is 1. The maximum atomic E-state index is 13.1. The number of nitrogens with one attached hydrogen (secondary N) is 1. The molecule has 3 N–H and O–H groups in total. The highest BCUT2D eigenvalue weighted by atomic mass is 35.5. The van der Waals surface area contributed by atoms with Crippen molar-refractivity contribution < 1.29 is 17.2 Å². The lowest BCUT2D eigenvalue weighted by Crippen LogP contribution is -2.52. The first-order chi connectivity index (χ1) is 9.08. The molecule has 0 spiro atoms. The molecule has 21 heavy (non-hydrogen) atoms. The van der Waals surface area contributed by atoms with Crippen LogP contribution in [-0.2, 0) is 10.0 Å². The van der Waals surface area contributed by atoms with Gasteiger partial charge in [-0.1, -0.05) is 13.8 Å². The summed E-state index contributed by atoms with van der Waals surface area (Å²) < 4.78 is 53.1. The van der Waals surface area contributed by atoms with Gasteiger partial charge in [-0.05, 0) is 31.4 Å². The van der Waals surface area contributed by atoms with E-state index >= 15 is 0 Å². The highest BCUT2D eigenvalue weighted by molar-refractivity contribution is 7.89. The highest BCUT2D eigenvalue weighted by Crippen LogP contribution is 2.20. The summed E-state index contributed by atoms with van der Waals surface area (Å²) in [6.07, 6.45) is 0.514. The topological polar surface area (TPSA) is 72.2 Å². The van der Waals surface area contributed by atoms with E-state index in [-0.39, 0.29) is 24.9 Å². The maximum absolute atomic E-state index is 13.1. The van der Waals surface area contributed by atoms with Crippen molar-refractivity contribution in [2.75, 3.05) is 6.54 Å². The van der Waals surface area contributed by atoms with Crippen molar-refractivity contribution >= 4 is 22.4 Å². The molecule has 0 fully saturated rings. The standard InChI is InChI=1S/C13H20F2N2O2S.ClH/c1-9(2)7-13(3,8-16)17-20(18,19)12-5-10(14)4-11(15)6-12;/h4-6,9,17H,7-8,16H2,1-3H3;1H. The van der Waals surface area contributed by atoms with E-state index in [0.717, 1.165) is 12.1 Å². The Bertz CT molecular complexity index is 561. The van der Waals surface area contributed by atoms with Crippen molar-refractivity contribution in [3.63, 3.8) is 0 Å². The second-order valence-electron chi connectivity index (χ2n) is 5.57. The number of rotatable bonds is 6. The number of hydrogen-bond acceptors (Lipinski definition) is 3. The van der Waals surface area contributed by atoms with E-state index in [9.17, 15) is 17.2 Å². The number of hydrogen-bond donors (Lipinski definition) is 2. The molecule has 0 radical (unpaired) electrons. The molecule has 4 nitrogen and oxygen atoms in total. The van der Waals surface area contributed by atoms with Gasteiger partial charge in [0.2, 0.25) is 10.0 Å². The molecule has 1 aromatic rings. The molecule has 0 saturated heterocycles. The Balaban J connectivity index is 0.00000400. The Morgan fingerprint density at radius 3 is 2.10 bits per heavy atom.